The molecule has 1 unspecified atom stereocenters. The number of carbonyl (C=O) groups excluding carboxylic acids is 3. The molecule has 0 bridgehead atoms. The molecule has 132 valence electrons. The highest BCUT2D eigenvalue weighted by Crippen LogP contribution is 2.23. The molecule has 3 rings (SSSR count). The van der Waals surface area contributed by atoms with E-state index in [2.05, 4.69) is 10.6 Å². The van der Waals surface area contributed by atoms with Crippen molar-refractivity contribution in [2.24, 2.45) is 5.73 Å². The van der Waals surface area contributed by atoms with Gasteiger partial charge in [0.15, 0.2) is 5.76 Å². The summed E-state index contributed by atoms with van der Waals surface area (Å²) in [5.74, 6) is -1.36. The molecule has 26 heavy (non-hydrogen) atoms. The van der Waals surface area contributed by atoms with Crippen molar-refractivity contribution in [2.45, 2.75) is 6.04 Å². The van der Waals surface area contributed by atoms with Gasteiger partial charge in [0.25, 0.3) is 11.8 Å². The van der Waals surface area contributed by atoms with Crippen molar-refractivity contribution in [3.8, 4) is 0 Å². The summed E-state index contributed by atoms with van der Waals surface area (Å²) in [6, 6.07) is 14.1. The van der Waals surface area contributed by atoms with Gasteiger partial charge in [-0.1, -0.05) is 30.3 Å². The molecule has 0 aliphatic heterocycles. The summed E-state index contributed by atoms with van der Waals surface area (Å²) in [5.41, 5.74) is 6.00. The Morgan fingerprint density at radius 3 is 2.38 bits per heavy atom. The average molecular weight is 369 g/mol. The summed E-state index contributed by atoms with van der Waals surface area (Å²) in [5, 5.41) is 5.73. The van der Waals surface area contributed by atoms with Gasteiger partial charge in [-0.05, 0) is 29.8 Å². The van der Waals surface area contributed by atoms with Crippen molar-refractivity contribution in [3.63, 3.8) is 0 Å². The maximum Gasteiger partial charge on any atom is 0.291 e. The number of primary amides is 1. The minimum absolute atomic E-state index is 0.169. The molecule has 0 saturated heterocycles. The number of carbonyl (C=O) groups is 3. The van der Waals surface area contributed by atoms with Crippen LogP contribution in [0.1, 0.15) is 31.8 Å². The van der Waals surface area contributed by atoms with Gasteiger partial charge in [-0.25, -0.2) is 0 Å². The van der Waals surface area contributed by atoms with E-state index in [1.54, 1.807) is 48.5 Å². The van der Waals surface area contributed by atoms with E-state index in [-0.39, 0.29) is 5.76 Å². The van der Waals surface area contributed by atoms with Gasteiger partial charge in [0.2, 0.25) is 5.91 Å². The highest BCUT2D eigenvalue weighted by Gasteiger charge is 2.22. The Balaban J connectivity index is 1.69. The normalized spacial score (nSPS) is 11.5. The van der Waals surface area contributed by atoms with Crippen molar-refractivity contribution < 1.29 is 18.8 Å². The number of anilines is 1. The second-order valence-corrected chi connectivity index (χ2v) is 6.40. The van der Waals surface area contributed by atoms with Crippen molar-refractivity contribution in [2.75, 3.05) is 5.32 Å². The summed E-state index contributed by atoms with van der Waals surface area (Å²) in [7, 11) is 0. The number of nitrogens with one attached hydrogen (secondary N) is 2. The van der Waals surface area contributed by atoms with E-state index < -0.39 is 23.8 Å². The fourth-order valence-electron chi connectivity index (χ4n) is 2.27. The first kappa shape index (κ1) is 17.4. The topological polar surface area (TPSA) is 114 Å². The van der Waals surface area contributed by atoms with Crippen LogP contribution < -0.4 is 16.4 Å². The number of benzene rings is 1. The monoisotopic (exact) mass is 369 g/mol. The molecule has 0 aliphatic carbocycles. The number of nitrogens with two attached hydrogens (primary N) is 1. The van der Waals surface area contributed by atoms with Gasteiger partial charge in [0.05, 0.1) is 16.1 Å². The lowest BCUT2D eigenvalue weighted by molar-refractivity contribution is -0.120. The lowest BCUT2D eigenvalue weighted by atomic mass is 10.1. The largest absolute Gasteiger partial charge is 0.459 e. The maximum atomic E-state index is 12.4. The predicted molar refractivity (Wildman–Crippen MR) is 96.8 cm³/mol. The zero-order chi connectivity index (χ0) is 18.5. The zero-order valence-electron chi connectivity index (χ0n) is 13.5. The summed E-state index contributed by atoms with van der Waals surface area (Å²) >= 11 is 1.08. The summed E-state index contributed by atoms with van der Waals surface area (Å²) < 4.78 is 5.01. The van der Waals surface area contributed by atoms with E-state index in [0.717, 1.165) is 11.3 Å². The van der Waals surface area contributed by atoms with Gasteiger partial charge in [-0.3, -0.25) is 14.4 Å². The van der Waals surface area contributed by atoms with Crippen LogP contribution in [0.25, 0.3) is 0 Å². The Kier molecular flexibility index (Phi) is 5.14. The highest BCUT2D eigenvalue weighted by molar-refractivity contribution is 7.18. The van der Waals surface area contributed by atoms with Crippen LogP contribution in [0, 0.1) is 0 Å². The average Bonchev–Trinajstić information content (AvgIpc) is 3.32. The SMILES string of the molecule is NC(=O)C(NC(=O)c1ccc(NC(=O)c2ccco2)s1)c1ccccc1. The van der Waals surface area contributed by atoms with Crippen molar-refractivity contribution >= 4 is 34.1 Å². The number of hydrogen-bond acceptors (Lipinski definition) is 5. The lowest BCUT2D eigenvalue weighted by Gasteiger charge is -2.15. The molecule has 0 aliphatic rings. The first-order valence-corrected chi connectivity index (χ1v) is 8.46. The standard InChI is InChI=1S/C18H15N3O4S/c19-16(22)15(11-5-2-1-3-6-11)21-18(24)13-8-9-14(26-13)20-17(23)12-7-4-10-25-12/h1-10,15H,(H2,19,22)(H,20,23)(H,21,24). The first-order valence-electron chi connectivity index (χ1n) is 7.64. The molecule has 7 nitrogen and oxygen atoms in total. The number of furan rings is 1. The van der Waals surface area contributed by atoms with E-state index in [4.69, 9.17) is 10.2 Å². The van der Waals surface area contributed by atoms with Crippen LogP contribution in [-0.4, -0.2) is 17.7 Å². The van der Waals surface area contributed by atoms with Crippen LogP contribution in [0.2, 0.25) is 0 Å². The minimum Gasteiger partial charge on any atom is -0.459 e. The van der Waals surface area contributed by atoms with Crippen LogP contribution >= 0.6 is 11.3 Å². The van der Waals surface area contributed by atoms with E-state index in [1.807, 2.05) is 0 Å². The highest BCUT2D eigenvalue weighted by atomic mass is 32.1. The van der Waals surface area contributed by atoms with Gasteiger partial charge >= 0.3 is 0 Å². The first-order chi connectivity index (χ1) is 12.5. The molecule has 0 saturated carbocycles. The molecule has 1 aromatic carbocycles. The molecule has 0 spiro atoms. The molecule has 1 atom stereocenters. The minimum atomic E-state index is -0.938. The fourth-order valence-corrected chi connectivity index (χ4v) is 3.08. The third-order valence-electron chi connectivity index (χ3n) is 3.50. The summed E-state index contributed by atoms with van der Waals surface area (Å²) in [4.78, 5) is 36.4. The molecular formula is C18H15N3O4S. The molecule has 4 N–H and O–H groups in total. The summed E-state index contributed by atoms with van der Waals surface area (Å²) in [6.45, 7) is 0. The molecule has 3 amide bonds. The third kappa shape index (κ3) is 3.98. The molecular weight excluding hydrogens is 354 g/mol. The zero-order valence-corrected chi connectivity index (χ0v) is 14.3. The number of amides is 3. The Morgan fingerprint density at radius 2 is 1.73 bits per heavy atom. The quantitative estimate of drug-likeness (QED) is 0.619. The van der Waals surface area contributed by atoms with Gasteiger partial charge in [0.1, 0.15) is 6.04 Å². The van der Waals surface area contributed by atoms with Crippen LogP contribution in [0.15, 0.2) is 65.3 Å². The van der Waals surface area contributed by atoms with Gasteiger partial charge in [-0.15, -0.1) is 11.3 Å². The van der Waals surface area contributed by atoms with Crippen molar-refractivity contribution in [1.82, 2.24) is 5.32 Å². The second-order valence-electron chi connectivity index (χ2n) is 5.31. The van der Waals surface area contributed by atoms with Crippen molar-refractivity contribution in [3.05, 3.63) is 77.1 Å². The lowest BCUT2D eigenvalue weighted by Crippen LogP contribution is -2.37. The molecule has 2 aromatic heterocycles. The van der Waals surface area contributed by atoms with Crippen LogP contribution in [0.4, 0.5) is 5.00 Å². The molecule has 0 radical (unpaired) electrons. The second kappa shape index (κ2) is 7.66. The Morgan fingerprint density at radius 1 is 0.962 bits per heavy atom. The van der Waals surface area contributed by atoms with Crippen LogP contribution in [0.5, 0.6) is 0 Å². The van der Waals surface area contributed by atoms with Gasteiger partial charge in [0, 0.05) is 0 Å². The molecule has 3 aromatic rings. The number of thiophene rings is 1. The maximum absolute atomic E-state index is 12.4. The molecule has 0 fully saturated rings. The van der Waals surface area contributed by atoms with Crippen LogP contribution in [-0.2, 0) is 4.79 Å². The molecule has 2 heterocycles. The van der Waals surface area contributed by atoms with E-state index in [0.29, 0.717) is 15.4 Å². The van der Waals surface area contributed by atoms with Crippen molar-refractivity contribution in [1.29, 1.82) is 0 Å². The number of rotatable bonds is 6. The Labute approximate surface area is 152 Å². The third-order valence-corrected chi connectivity index (χ3v) is 4.50. The van der Waals surface area contributed by atoms with Crippen LogP contribution in [0.3, 0.4) is 0 Å². The number of hydrogen-bond donors (Lipinski definition) is 3. The predicted octanol–water partition coefficient (Wildman–Crippen LogP) is 2.55. The molecule has 8 heteroatoms. The Bertz CT molecular complexity index is 919. The van der Waals surface area contributed by atoms with E-state index in [9.17, 15) is 14.4 Å². The Hall–Kier alpha value is -3.39. The van der Waals surface area contributed by atoms with E-state index in [1.165, 1.54) is 12.3 Å². The fraction of sp³-hybridized carbons (Fsp3) is 0.0556. The summed E-state index contributed by atoms with van der Waals surface area (Å²) in [6.07, 6.45) is 1.40. The van der Waals surface area contributed by atoms with Gasteiger partial charge < -0.3 is 20.8 Å². The smallest absolute Gasteiger partial charge is 0.291 e. The van der Waals surface area contributed by atoms with Gasteiger partial charge in [-0.2, -0.15) is 0 Å². The van der Waals surface area contributed by atoms with E-state index >= 15 is 0 Å².